The van der Waals surface area contributed by atoms with Crippen LogP contribution in [0.1, 0.15) is 60.8 Å². The second-order valence-corrected chi connectivity index (χ2v) is 13.3. The average molecular weight is 475 g/mol. The zero-order valence-corrected chi connectivity index (χ0v) is 22.0. The van der Waals surface area contributed by atoms with Crippen LogP contribution < -0.4 is 0 Å². The Kier molecular flexibility index (Phi) is 10.0. The summed E-state index contributed by atoms with van der Waals surface area (Å²) in [6, 6.07) is 0. The maximum Gasteiger partial charge on any atom is 0.307 e. The highest BCUT2D eigenvalue weighted by Gasteiger charge is 2.39. The van der Waals surface area contributed by atoms with Crippen molar-refractivity contribution in [2.45, 2.75) is 66.3 Å². The molecule has 2 aliphatic rings. The number of carbonyl (C=O) groups excluding carboxylic acids is 2. The monoisotopic (exact) mass is 474 g/mol. The van der Waals surface area contributed by atoms with Crippen molar-refractivity contribution in [3.8, 4) is 0 Å². The fourth-order valence-electron chi connectivity index (χ4n) is 3.58. The lowest BCUT2D eigenvalue weighted by molar-refractivity contribution is -0.153. The fourth-order valence-corrected chi connectivity index (χ4v) is 6.91. The maximum absolute atomic E-state index is 12.4. The molecule has 0 saturated carbocycles. The molecule has 0 aromatic carbocycles. The minimum atomic E-state index is -0.269. The van der Waals surface area contributed by atoms with E-state index < -0.39 is 0 Å². The van der Waals surface area contributed by atoms with Gasteiger partial charge >= 0.3 is 11.9 Å². The molecule has 180 valence electrons. The van der Waals surface area contributed by atoms with Gasteiger partial charge < -0.3 is 14.4 Å². The predicted octanol–water partition coefficient (Wildman–Crippen LogP) is 4.09. The predicted molar refractivity (Wildman–Crippen MR) is 130 cm³/mol. The molecule has 8 heteroatoms. The van der Waals surface area contributed by atoms with Crippen LogP contribution in [0.15, 0.2) is 0 Å². The van der Waals surface area contributed by atoms with Gasteiger partial charge in [-0.05, 0) is 26.2 Å². The van der Waals surface area contributed by atoms with Crippen molar-refractivity contribution in [3.63, 3.8) is 0 Å². The quantitative estimate of drug-likeness (QED) is 0.347. The summed E-state index contributed by atoms with van der Waals surface area (Å²) in [5.74, 6) is 1.36. The largest absolute Gasteiger partial charge is 0.465 e. The second-order valence-electron chi connectivity index (χ2n) is 10.8. The van der Waals surface area contributed by atoms with E-state index in [1.807, 2.05) is 0 Å². The van der Waals surface area contributed by atoms with Gasteiger partial charge in [-0.15, -0.1) is 0 Å². The van der Waals surface area contributed by atoms with E-state index >= 15 is 0 Å². The van der Waals surface area contributed by atoms with Crippen molar-refractivity contribution in [2.75, 3.05) is 57.4 Å². The molecule has 6 nitrogen and oxygen atoms in total. The van der Waals surface area contributed by atoms with Gasteiger partial charge in [0.25, 0.3) is 0 Å². The molecule has 0 N–H and O–H groups in total. The van der Waals surface area contributed by atoms with Crippen LogP contribution in [0.2, 0.25) is 0 Å². The van der Waals surface area contributed by atoms with Gasteiger partial charge in [0.2, 0.25) is 0 Å². The van der Waals surface area contributed by atoms with Gasteiger partial charge in [-0.25, -0.2) is 0 Å². The molecule has 0 aromatic rings. The Bertz CT molecular complexity index is 593. The lowest BCUT2D eigenvalue weighted by Gasteiger charge is -2.42. The lowest BCUT2D eigenvalue weighted by atomic mass is 9.86. The summed E-state index contributed by atoms with van der Waals surface area (Å²) in [5, 5.41) is 0. The van der Waals surface area contributed by atoms with E-state index in [0.29, 0.717) is 26.1 Å². The number of piperazine rings is 1. The molecule has 2 fully saturated rings. The van der Waals surface area contributed by atoms with E-state index in [-0.39, 0.29) is 28.3 Å². The standard InChI is InChI=1S/C23H42N2O4S2/c1-7-22(5,6)14-20(27)29-16-23(17-30-31-18-23)15-28-19(26)8-9-24-10-12-25(13-11-24)21(2,3)4/h7-18H2,1-6H3. The third kappa shape index (κ3) is 9.14. The molecule has 0 aliphatic carbocycles. The highest BCUT2D eigenvalue weighted by Crippen LogP contribution is 2.43. The first-order valence-electron chi connectivity index (χ1n) is 11.5. The fraction of sp³-hybridized carbons (Fsp3) is 0.913. The van der Waals surface area contributed by atoms with Crippen molar-refractivity contribution in [3.05, 3.63) is 0 Å². The first-order chi connectivity index (χ1) is 14.4. The smallest absolute Gasteiger partial charge is 0.307 e. The normalized spacial score (nSPS) is 20.6. The molecule has 2 heterocycles. The second kappa shape index (κ2) is 11.6. The Morgan fingerprint density at radius 3 is 1.97 bits per heavy atom. The molecule has 0 unspecified atom stereocenters. The molecule has 2 aliphatic heterocycles. The lowest BCUT2D eigenvalue weighted by Crippen LogP contribution is -2.53. The molecule has 31 heavy (non-hydrogen) atoms. The van der Waals surface area contributed by atoms with E-state index in [4.69, 9.17) is 9.47 Å². The van der Waals surface area contributed by atoms with Crippen LogP contribution in [0.3, 0.4) is 0 Å². The first kappa shape index (κ1) is 26.8. The van der Waals surface area contributed by atoms with Gasteiger partial charge in [-0.1, -0.05) is 48.8 Å². The number of hydrogen-bond donors (Lipinski definition) is 0. The molecule has 0 atom stereocenters. The van der Waals surface area contributed by atoms with E-state index in [9.17, 15) is 9.59 Å². The first-order valence-corrected chi connectivity index (χ1v) is 14.0. The van der Waals surface area contributed by atoms with Crippen molar-refractivity contribution < 1.29 is 19.1 Å². The van der Waals surface area contributed by atoms with Crippen LogP contribution in [-0.4, -0.2) is 84.7 Å². The van der Waals surface area contributed by atoms with Crippen molar-refractivity contribution in [2.24, 2.45) is 10.8 Å². The summed E-state index contributed by atoms with van der Waals surface area (Å²) in [6.07, 6.45) is 1.76. The van der Waals surface area contributed by atoms with Crippen LogP contribution in [0.4, 0.5) is 0 Å². The van der Waals surface area contributed by atoms with Crippen molar-refractivity contribution in [1.29, 1.82) is 0 Å². The molecule has 2 rings (SSSR count). The van der Waals surface area contributed by atoms with E-state index in [2.05, 4.69) is 51.3 Å². The number of nitrogens with zero attached hydrogens (tertiary/aromatic N) is 2. The summed E-state index contributed by atoms with van der Waals surface area (Å²) < 4.78 is 11.3. The molecule has 2 saturated heterocycles. The molecule has 0 aromatic heterocycles. The van der Waals surface area contributed by atoms with Gasteiger partial charge in [0.1, 0.15) is 13.2 Å². The number of hydrogen-bond acceptors (Lipinski definition) is 8. The summed E-state index contributed by atoms with van der Waals surface area (Å²) in [4.78, 5) is 29.5. The Hall–Kier alpha value is -0.440. The van der Waals surface area contributed by atoms with Crippen LogP contribution >= 0.6 is 21.6 Å². The number of ether oxygens (including phenoxy) is 2. The summed E-state index contributed by atoms with van der Waals surface area (Å²) in [7, 11) is 3.52. The van der Waals surface area contributed by atoms with Crippen LogP contribution in [0, 0.1) is 10.8 Å². The highest BCUT2D eigenvalue weighted by atomic mass is 33.1. The molecular formula is C23H42N2O4S2. The van der Waals surface area contributed by atoms with Gasteiger partial charge in [-0.3, -0.25) is 14.5 Å². The van der Waals surface area contributed by atoms with Crippen LogP contribution in [0.5, 0.6) is 0 Å². The summed E-state index contributed by atoms with van der Waals surface area (Å²) in [6.45, 7) is 18.4. The summed E-state index contributed by atoms with van der Waals surface area (Å²) >= 11 is 0. The Morgan fingerprint density at radius 2 is 1.45 bits per heavy atom. The third-order valence-electron chi connectivity index (χ3n) is 6.43. The average Bonchev–Trinajstić information content (AvgIpc) is 3.18. The minimum Gasteiger partial charge on any atom is -0.465 e. The van der Waals surface area contributed by atoms with E-state index in [0.717, 1.165) is 50.7 Å². The van der Waals surface area contributed by atoms with Crippen LogP contribution in [-0.2, 0) is 19.1 Å². The Morgan fingerprint density at radius 1 is 0.903 bits per heavy atom. The third-order valence-corrected chi connectivity index (χ3v) is 9.26. The zero-order valence-electron chi connectivity index (χ0n) is 20.3. The van der Waals surface area contributed by atoms with Gasteiger partial charge in [0.05, 0.1) is 18.3 Å². The summed E-state index contributed by atoms with van der Waals surface area (Å²) in [5.41, 5.74) is -0.115. The van der Waals surface area contributed by atoms with E-state index in [1.54, 1.807) is 21.6 Å². The molecule has 0 radical (unpaired) electrons. The number of carbonyl (C=O) groups is 2. The molecular weight excluding hydrogens is 432 g/mol. The zero-order chi connectivity index (χ0) is 23.1. The number of esters is 2. The molecule has 0 spiro atoms. The van der Waals surface area contributed by atoms with Crippen molar-refractivity contribution in [1.82, 2.24) is 9.80 Å². The van der Waals surface area contributed by atoms with Crippen LogP contribution in [0.25, 0.3) is 0 Å². The molecule has 0 bridgehead atoms. The maximum atomic E-state index is 12.4. The van der Waals surface area contributed by atoms with Gasteiger partial charge in [0.15, 0.2) is 0 Å². The Balaban J connectivity index is 1.71. The van der Waals surface area contributed by atoms with Gasteiger partial charge in [-0.2, -0.15) is 0 Å². The highest BCUT2D eigenvalue weighted by molar-refractivity contribution is 8.77. The molecule has 0 amide bonds. The Labute approximate surface area is 196 Å². The number of rotatable bonds is 10. The minimum absolute atomic E-state index is 0.0474. The van der Waals surface area contributed by atoms with Crippen molar-refractivity contribution >= 4 is 33.5 Å². The van der Waals surface area contributed by atoms with E-state index in [1.165, 1.54) is 0 Å². The topological polar surface area (TPSA) is 59.1 Å². The SMILES string of the molecule is CCC(C)(C)CC(=O)OCC1(COC(=O)CCN2CCN(C(C)(C)C)CC2)CSSC1. The van der Waals surface area contributed by atoms with Gasteiger partial charge in [0, 0.05) is 49.8 Å².